The topological polar surface area (TPSA) is 126 Å². The number of halogens is 5. The minimum atomic E-state index is -4.65. The number of carbonyl (C=O) groups is 1. The lowest BCUT2D eigenvalue weighted by Gasteiger charge is -2.40. The van der Waals surface area contributed by atoms with E-state index >= 15 is 0 Å². The van der Waals surface area contributed by atoms with Gasteiger partial charge in [0.05, 0.1) is 16.5 Å². The minimum absolute atomic E-state index is 0.00242. The van der Waals surface area contributed by atoms with Crippen LogP contribution >= 0.6 is 11.3 Å². The third kappa shape index (κ3) is 7.13. The Labute approximate surface area is 250 Å². The van der Waals surface area contributed by atoms with E-state index in [2.05, 4.69) is 20.1 Å². The van der Waals surface area contributed by atoms with Crippen molar-refractivity contribution in [1.82, 2.24) is 24.2 Å². The van der Waals surface area contributed by atoms with Gasteiger partial charge in [-0.3, -0.25) is 9.59 Å². The van der Waals surface area contributed by atoms with E-state index in [0.29, 0.717) is 27.8 Å². The van der Waals surface area contributed by atoms with Gasteiger partial charge < -0.3 is 15.0 Å². The number of benzene rings is 2. The van der Waals surface area contributed by atoms with Crippen molar-refractivity contribution in [2.45, 2.75) is 36.7 Å². The smallest absolute Gasteiger partial charge is 0.416 e. The maximum Gasteiger partial charge on any atom is 0.416 e. The van der Waals surface area contributed by atoms with Crippen molar-refractivity contribution in [3.05, 3.63) is 82.3 Å². The van der Waals surface area contributed by atoms with Gasteiger partial charge >= 0.3 is 12.8 Å². The number of carbonyl (C=O) groups excluding carboxylic acids is 1. The van der Waals surface area contributed by atoms with Crippen LogP contribution in [0.1, 0.15) is 17.5 Å². The first-order valence-corrected chi connectivity index (χ1v) is 15.2. The SMILES string of the molecule is O=C(C[C@H]1CN(c2nn3ccc(=O)nc3s2)CCN1S(=O)(=O)c1ccc(C(F)(F)F)cc1)NCc1ccc(OC(F)F)cc1. The fourth-order valence-electron chi connectivity index (χ4n) is 4.57. The molecule has 0 aliphatic carbocycles. The second-order valence-electron chi connectivity index (χ2n) is 9.62. The molecule has 2 aromatic heterocycles. The summed E-state index contributed by atoms with van der Waals surface area (Å²) in [6.45, 7) is -2.96. The van der Waals surface area contributed by atoms with Crippen molar-refractivity contribution in [2.24, 2.45) is 0 Å². The second-order valence-corrected chi connectivity index (χ2v) is 12.4. The summed E-state index contributed by atoms with van der Waals surface area (Å²) in [7, 11) is -4.33. The van der Waals surface area contributed by atoms with Crippen LogP contribution in [0, 0.1) is 0 Å². The molecule has 0 spiro atoms. The van der Waals surface area contributed by atoms with E-state index in [0.717, 1.165) is 27.8 Å². The van der Waals surface area contributed by atoms with Gasteiger partial charge in [0.2, 0.25) is 26.0 Å². The zero-order valence-electron chi connectivity index (χ0n) is 22.4. The number of ether oxygens (including phenoxy) is 1. The van der Waals surface area contributed by atoms with Gasteiger partial charge in [0, 0.05) is 44.9 Å². The van der Waals surface area contributed by atoms with Crippen molar-refractivity contribution in [1.29, 1.82) is 0 Å². The summed E-state index contributed by atoms with van der Waals surface area (Å²) in [6, 6.07) is 8.96. The van der Waals surface area contributed by atoms with Crippen LogP contribution in [0.25, 0.3) is 4.96 Å². The molecular formula is C26H23F5N6O5S2. The Balaban J connectivity index is 1.36. The molecule has 44 heavy (non-hydrogen) atoms. The number of nitrogens with one attached hydrogen (secondary N) is 1. The van der Waals surface area contributed by atoms with Crippen molar-refractivity contribution < 1.29 is 39.9 Å². The van der Waals surface area contributed by atoms with Crippen LogP contribution in [0.5, 0.6) is 5.75 Å². The number of aromatic nitrogens is 3. The molecule has 1 N–H and O–H groups in total. The molecule has 0 radical (unpaired) electrons. The Morgan fingerprint density at radius 1 is 1.07 bits per heavy atom. The first kappa shape index (κ1) is 31.3. The van der Waals surface area contributed by atoms with Crippen LogP contribution in [-0.2, 0) is 27.5 Å². The summed E-state index contributed by atoms with van der Waals surface area (Å²) in [5.41, 5.74) is -0.899. The van der Waals surface area contributed by atoms with Gasteiger partial charge in [0.15, 0.2) is 0 Å². The molecular weight excluding hydrogens is 635 g/mol. The minimum Gasteiger partial charge on any atom is -0.435 e. The van der Waals surface area contributed by atoms with Crippen molar-refractivity contribution in [3.63, 3.8) is 0 Å². The van der Waals surface area contributed by atoms with E-state index in [1.54, 1.807) is 4.90 Å². The number of nitrogens with zero attached hydrogens (tertiary/aromatic N) is 5. The predicted octanol–water partition coefficient (Wildman–Crippen LogP) is 3.36. The third-order valence-corrected chi connectivity index (χ3v) is 9.63. The van der Waals surface area contributed by atoms with Crippen LogP contribution in [-0.4, -0.2) is 65.5 Å². The Bertz CT molecular complexity index is 1800. The predicted molar refractivity (Wildman–Crippen MR) is 148 cm³/mol. The van der Waals surface area contributed by atoms with Gasteiger partial charge in [-0.15, -0.1) is 5.10 Å². The lowest BCUT2D eigenvalue weighted by molar-refractivity contribution is -0.137. The number of hydrogen-bond donors (Lipinski definition) is 1. The van der Waals surface area contributed by atoms with E-state index in [9.17, 15) is 40.0 Å². The molecule has 5 rings (SSSR count). The Hall–Kier alpha value is -4.16. The average molecular weight is 659 g/mol. The van der Waals surface area contributed by atoms with Gasteiger partial charge in [-0.25, -0.2) is 12.9 Å². The average Bonchev–Trinajstić information content (AvgIpc) is 3.39. The van der Waals surface area contributed by atoms with E-state index in [1.807, 2.05) is 0 Å². The highest BCUT2D eigenvalue weighted by Gasteiger charge is 2.39. The number of amides is 1. The zero-order chi connectivity index (χ0) is 31.6. The van der Waals surface area contributed by atoms with Gasteiger partial charge in [-0.2, -0.15) is 31.2 Å². The van der Waals surface area contributed by atoms with Crippen LogP contribution in [0.3, 0.4) is 0 Å². The fraction of sp³-hybridized carbons (Fsp3) is 0.308. The number of alkyl halides is 5. The molecule has 18 heteroatoms. The number of fused-ring (bicyclic) bond motifs is 1. The Kier molecular flexibility index (Phi) is 8.85. The van der Waals surface area contributed by atoms with Gasteiger partial charge in [0.25, 0.3) is 5.56 Å². The van der Waals surface area contributed by atoms with Crippen LogP contribution in [0.2, 0.25) is 0 Å². The monoisotopic (exact) mass is 658 g/mol. The standard InChI is InChI=1S/C26H23F5N6O5S2/c27-23(28)42-19-5-1-16(2-6-19)14-32-22(39)13-18-15-35(25-34-36-10-9-21(38)33-24(36)43-25)11-12-37(18)44(40,41)20-7-3-17(4-8-20)26(29,30)31/h1-10,18,23H,11-15H2,(H,32,39)/t18-/m0/s1. The van der Waals surface area contributed by atoms with E-state index in [1.165, 1.54) is 41.0 Å². The molecule has 1 amide bonds. The van der Waals surface area contributed by atoms with Crippen molar-refractivity contribution in [2.75, 3.05) is 24.5 Å². The van der Waals surface area contributed by atoms with Gasteiger partial charge in [-0.1, -0.05) is 23.5 Å². The molecule has 0 bridgehead atoms. The summed E-state index contributed by atoms with van der Waals surface area (Å²) in [5, 5.41) is 7.49. The molecule has 0 unspecified atom stereocenters. The largest absolute Gasteiger partial charge is 0.435 e. The number of hydrogen-bond acceptors (Lipinski definition) is 9. The Morgan fingerprint density at radius 2 is 1.77 bits per heavy atom. The zero-order valence-corrected chi connectivity index (χ0v) is 24.1. The molecule has 11 nitrogen and oxygen atoms in total. The van der Waals surface area contributed by atoms with E-state index in [4.69, 9.17) is 0 Å². The highest BCUT2D eigenvalue weighted by atomic mass is 32.2. The van der Waals surface area contributed by atoms with Crippen LogP contribution in [0.4, 0.5) is 27.1 Å². The summed E-state index contributed by atoms with van der Waals surface area (Å²) < 4.78 is 98.0. The maximum absolute atomic E-state index is 13.6. The van der Waals surface area contributed by atoms with E-state index in [-0.39, 0.29) is 43.2 Å². The maximum atomic E-state index is 13.6. The fourth-order valence-corrected chi connectivity index (χ4v) is 7.09. The molecule has 1 aliphatic rings. The molecule has 1 fully saturated rings. The molecule has 2 aromatic carbocycles. The molecule has 3 heterocycles. The quantitative estimate of drug-likeness (QED) is 0.272. The van der Waals surface area contributed by atoms with E-state index < -0.39 is 45.9 Å². The molecule has 1 saturated heterocycles. The van der Waals surface area contributed by atoms with Gasteiger partial charge in [0.1, 0.15) is 5.75 Å². The molecule has 234 valence electrons. The summed E-state index contributed by atoms with van der Waals surface area (Å²) in [4.78, 5) is 30.3. The molecule has 4 aromatic rings. The highest BCUT2D eigenvalue weighted by molar-refractivity contribution is 7.89. The van der Waals surface area contributed by atoms with Crippen molar-refractivity contribution in [3.8, 4) is 5.75 Å². The number of sulfonamides is 1. The van der Waals surface area contributed by atoms with Crippen LogP contribution < -0.4 is 20.5 Å². The Morgan fingerprint density at radius 3 is 2.43 bits per heavy atom. The summed E-state index contributed by atoms with van der Waals surface area (Å²) >= 11 is 1.09. The number of anilines is 1. The normalized spacial score (nSPS) is 16.4. The van der Waals surface area contributed by atoms with Crippen LogP contribution in [0.15, 0.2) is 70.5 Å². The van der Waals surface area contributed by atoms with Gasteiger partial charge in [-0.05, 0) is 42.0 Å². The highest BCUT2D eigenvalue weighted by Crippen LogP contribution is 2.32. The third-order valence-electron chi connectivity index (χ3n) is 6.68. The lowest BCUT2D eigenvalue weighted by atomic mass is 10.1. The number of rotatable bonds is 9. The first-order chi connectivity index (χ1) is 20.8. The second kappa shape index (κ2) is 12.4. The first-order valence-electron chi connectivity index (χ1n) is 12.9. The molecule has 0 saturated carbocycles. The lowest BCUT2D eigenvalue weighted by Crippen LogP contribution is -2.56. The molecule has 1 atom stereocenters. The summed E-state index contributed by atoms with van der Waals surface area (Å²) in [6.07, 6.45) is -3.53. The number of piperazine rings is 1. The molecule has 1 aliphatic heterocycles. The van der Waals surface area contributed by atoms with Crippen molar-refractivity contribution >= 4 is 37.4 Å². The summed E-state index contributed by atoms with van der Waals surface area (Å²) in [5.74, 6) is -0.593.